The second-order valence-corrected chi connectivity index (χ2v) is 12.4. The van der Waals surface area contributed by atoms with Crippen LogP contribution in [0, 0.1) is 6.92 Å². The van der Waals surface area contributed by atoms with Gasteiger partial charge in [0.25, 0.3) is 5.91 Å². The number of aliphatic hydroxyl groups excluding tert-OH is 1. The third-order valence-corrected chi connectivity index (χ3v) is 9.23. The molecule has 4 atom stereocenters. The van der Waals surface area contributed by atoms with Gasteiger partial charge >= 0.3 is 5.69 Å². The lowest BCUT2D eigenvalue weighted by Crippen LogP contribution is -2.46. The highest BCUT2D eigenvalue weighted by molar-refractivity contribution is 6.04. The summed E-state index contributed by atoms with van der Waals surface area (Å²) in [5.41, 5.74) is 1.26. The number of aliphatic hydroxyl groups is 1. The number of nitrogens with zero attached hydrogens (tertiary/aromatic N) is 2. The first-order valence-electron chi connectivity index (χ1n) is 17.2. The summed E-state index contributed by atoms with van der Waals surface area (Å²) in [7, 11) is 4.77. The van der Waals surface area contributed by atoms with Gasteiger partial charge in [-0.1, -0.05) is 72.8 Å². The highest BCUT2D eigenvalue weighted by Gasteiger charge is 2.52. The van der Waals surface area contributed by atoms with E-state index in [1.165, 1.54) is 4.57 Å². The fraction of sp³-hybridized carbons (Fsp3) is 0.293. The molecule has 0 radical (unpaired) electrons. The maximum atomic E-state index is 13.8. The molecule has 1 saturated heterocycles. The van der Waals surface area contributed by atoms with E-state index < -0.39 is 48.3 Å². The highest BCUT2D eigenvalue weighted by Crippen LogP contribution is 2.46. The molecule has 1 aliphatic heterocycles. The van der Waals surface area contributed by atoms with Crippen molar-refractivity contribution in [2.45, 2.75) is 37.1 Å². The number of hydrogen-bond donors (Lipinski definition) is 2. The molecule has 1 aliphatic rings. The number of methoxy groups -OCH3 is 3. The third kappa shape index (κ3) is 7.87. The first kappa shape index (κ1) is 37.4. The van der Waals surface area contributed by atoms with Gasteiger partial charge in [0.2, 0.25) is 0 Å². The molecule has 0 bridgehead atoms. The molecular formula is C41H43N3O9. The molecule has 1 amide bonds. The van der Waals surface area contributed by atoms with Crippen LogP contribution in [-0.2, 0) is 24.5 Å². The zero-order valence-corrected chi connectivity index (χ0v) is 30.0. The summed E-state index contributed by atoms with van der Waals surface area (Å²) in [5, 5.41) is 13.6. The Morgan fingerprint density at radius 3 is 1.92 bits per heavy atom. The molecule has 5 aromatic rings. The van der Waals surface area contributed by atoms with Crippen molar-refractivity contribution in [3.63, 3.8) is 0 Å². The van der Waals surface area contributed by atoms with Gasteiger partial charge in [-0.3, -0.25) is 9.36 Å². The van der Waals surface area contributed by atoms with Crippen LogP contribution >= 0.6 is 0 Å². The van der Waals surface area contributed by atoms with E-state index in [1.54, 1.807) is 58.7 Å². The minimum atomic E-state index is -1.29. The Morgan fingerprint density at radius 1 is 0.811 bits per heavy atom. The van der Waals surface area contributed by atoms with Crippen LogP contribution in [0.1, 0.15) is 38.8 Å². The fourth-order valence-electron chi connectivity index (χ4n) is 6.54. The molecule has 12 nitrogen and oxygen atoms in total. The molecular weight excluding hydrogens is 678 g/mol. The zero-order chi connectivity index (χ0) is 37.4. The van der Waals surface area contributed by atoms with E-state index >= 15 is 0 Å². The van der Waals surface area contributed by atoms with Crippen molar-refractivity contribution in [3.8, 4) is 11.5 Å². The monoisotopic (exact) mass is 721 g/mol. The summed E-state index contributed by atoms with van der Waals surface area (Å²) in [5.74, 6) is 1.03. The van der Waals surface area contributed by atoms with E-state index in [1.807, 2.05) is 84.9 Å². The van der Waals surface area contributed by atoms with Crippen molar-refractivity contribution in [1.29, 1.82) is 0 Å². The summed E-state index contributed by atoms with van der Waals surface area (Å²) < 4.78 is 37.9. The lowest BCUT2D eigenvalue weighted by Gasteiger charge is -2.40. The summed E-state index contributed by atoms with van der Waals surface area (Å²) in [4.78, 5) is 30.9. The van der Waals surface area contributed by atoms with E-state index in [9.17, 15) is 14.7 Å². The number of benzene rings is 4. The van der Waals surface area contributed by atoms with Gasteiger partial charge in [-0.05, 0) is 60.0 Å². The number of anilines is 1. The number of aromatic nitrogens is 2. The Kier molecular flexibility index (Phi) is 12.0. The van der Waals surface area contributed by atoms with Crippen molar-refractivity contribution in [1.82, 2.24) is 9.55 Å². The first-order chi connectivity index (χ1) is 25.8. The fourth-order valence-corrected chi connectivity index (χ4v) is 6.54. The smallest absolute Gasteiger partial charge is 0.351 e. The largest absolute Gasteiger partial charge is 0.497 e. The van der Waals surface area contributed by atoms with Gasteiger partial charge in [-0.25, -0.2) is 4.79 Å². The summed E-state index contributed by atoms with van der Waals surface area (Å²) in [6.45, 7) is 1.66. The first-order valence-corrected chi connectivity index (χ1v) is 17.2. The van der Waals surface area contributed by atoms with Gasteiger partial charge in [-0.2, -0.15) is 4.98 Å². The van der Waals surface area contributed by atoms with Gasteiger partial charge in [-0.15, -0.1) is 0 Å². The summed E-state index contributed by atoms with van der Waals surface area (Å²) in [6.07, 6.45) is -2.35. The van der Waals surface area contributed by atoms with Gasteiger partial charge in [0, 0.05) is 24.4 Å². The van der Waals surface area contributed by atoms with E-state index in [0.29, 0.717) is 22.6 Å². The number of aryl methyl sites for hydroxylation is 1. The molecule has 1 fully saturated rings. The molecule has 0 spiro atoms. The average molecular weight is 722 g/mol. The van der Waals surface area contributed by atoms with Gasteiger partial charge in [0.05, 0.1) is 34.0 Å². The number of hydrogen-bond acceptors (Lipinski definition) is 10. The predicted molar refractivity (Wildman–Crippen MR) is 197 cm³/mol. The van der Waals surface area contributed by atoms with Crippen molar-refractivity contribution in [3.05, 3.63) is 154 Å². The normalized spacial score (nSPS) is 18.4. The lowest BCUT2D eigenvalue weighted by atomic mass is 9.79. The summed E-state index contributed by atoms with van der Waals surface area (Å²) >= 11 is 0. The Balaban J connectivity index is 1.46. The molecule has 276 valence electrons. The minimum Gasteiger partial charge on any atom is -0.497 e. The molecule has 2 N–H and O–H groups in total. The number of carbonyl (C=O) groups excluding carboxylic acids is 1. The molecule has 0 aliphatic carbocycles. The molecule has 0 saturated carbocycles. The lowest BCUT2D eigenvalue weighted by molar-refractivity contribution is -0.129. The summed E-state index contributed by atoms with van der Waals surface area (Å²) in [6, 6.07) is 33.5. The molecule has 12 heteroatoms. The molecule has 4 aromatic carbocycles. The molecule has 53 heavy (non-hydrogen) atoms. The second kappa shape index (κ2) is 17.0. The van der Waals surface area contributed by atoms with Crippen molar-refractivity contribution in [2.75, 3.05) is 46.5 Å². The topological polar surface area (TPSA) is 140 Å². The Morgan fingerprint density at radius 2 is 1.38 bits per heavy atom. The zero-order valence-electron chi connectivity index (χ0n) is 30.0. The molecule has 1 aromatic heterocycles. The molecule has 1 unspecified atom stereocenters. The van der Waals surface area contributed by atoms with E-state index in [2.05, 4.69) is 10.3 Å². The van der Waals surface area contributed by atoms with Crippen LogP contribution in [-0.4, -0.2) is 80.0 Å². The van der Waals surface area contributed by atoms with Crippen molar-refractivity contribution < 1.29 is 38.3 Å². The Bertz CT molecular complexity index is 1960. The standard InChI is InChI=1S/C41H43N3O9/c1-27-25-44(40(47)43-37(27)42-38(46)28-11-7-5-8-12-28)39-36(51-24-23-48-2)35(34(26-45)52-39)53-41(29-13-9-6-10-14-29,30-15-19-32(49-3)20-16-30)31-17-21-33(50-4)22-18-31/h5-22,25,34-36,39,45H,23-24,26H2,1-4H3,(H,42,43,46,47)/t34-,35+,36?,39-/m1/s1. The van der Waals surface area contributed by atoms with Crippen molar-refractivity contribution in [2.24, 2.45) is 0 Å². The predicted octanol–water partition coefficient (Wildman–Crippen LogP) is 5.12. The van der Waals surface area contributed by atoms with Crippen molar-refractivity contribution >= 4 is 11.7 Å². The van der Waals surface area contributed by atoms with Crippen LogP contribution < -0.4 is 20.5 Å². The minimum absolute atomic E-state index is 0.114. The quantitative estimate of drug-likeness (QED) is 0.111. The van der Waals surface area contributed by atoms with Crippen LogP contribution in [0.3, 0.4) is 0 Å². The van der Waals surface area contributed by atoms with Gasteiger partial charge < -0.3 is 38.8 Å². The van der Waals surface area contributed by atoms with E-state index in [0.717, 1.165) is 16.7 Å². The van der Waals surface area contributed by atoms with Gasteiger partial charge in [0.15, 0.2) is 6.23 Å². The average Bonchev–Trinajstić information content (AvgIpc) is 3.55. The van der Waals surface area contributed by atoms with E-state index in [-0.39, 0.29) is 19.0 Å². The maximum absolute atomic E-state index is 13.8. The SMILES string of the molecule is COCCOC1[C@@H](OC(c2ccccc2)(c2ccc(OC)cc2)c2ccc(OC)cc2)[C@@H](CO)O[C@H]1n1cc(C)c(NC(=O)c2ccccc2)nc1=O. The molecule has 6 rings (SSSR count). The van der Waals surface area contributed by atoms with Crippen LogP contribution in [0.4, 0.5) is 5.82 Å². The number of rotatable bonds is 15. The molecule has 2 heterocycles. The number of nitrogens with one attached hydrogen (secondary N) is 1. The number of carbonyl (C=O) groups is 1. The highest BCUT2D eigenvalue weighted by atomic mass is 16.6. The number of amides is 1. The van der Waals surface area contributed by atoms with Crippen LogP contribution in [0.25, 0.3) is 0 Å². The van der Waals surface area contributed by atoms with Gasteiger partial charge in [0.1, 0.15) is 41.2 Å². The maximum Gasteiger partial charge on any atom is 0.351 e. The second-order valence-electron chi connectivity index (χ2n) is 12.4. The third-order valence-electron chi connectivity index (χ3n) is 9.23. The van der Waals surface area contributed by atoms with Crippen LogP contribution in [0.15, 0.2) is 120 Å². The Hall–Kier alpha value is -5.37. The van der Waals surface area contributed by atoms with E-state index in [4.69, 9.17) is 28.4 Å². The Labute approximate surface area is 307 Å². The van der Waals surface area contributed by atoms with Crippen LogP contribution in [0.2, 0.25) is 0 Å². The number of ether oxygens (including phenoxy) is 6. The van der Waals surface area contributed by atoms with Crippen LogP contribution in [0.5, 0.6) is 11.5 Å².